The van der Waals surface area contributed by atoms with Crippen LogP contribution in [0.1, 0.15) is 44.3 Å². The zero-order chi connectivity index (χ0) is 15.5. The van der Waals surface area contributed by atoms with Crippen molar-refractivity contribution in [3.8, 4) is 0 Å². The summed E-state index contributed by atoms with van der Waals surface area (Å²) in [4.78, 5) is 0. The predicted octanol–water partition coefficient (Wildman–Crippen LogP) is 2.53. The fourth-order valence-corrected chi connectivity index (χ4v) is 3.26. The first-order chi connectivity index (χ1) is 9.97. The number of rotatable bonds is 5. The maximum atomic E-state index is 13.6. The van der Waals surface area contributed by atoms with E-state index in [1.165, 1.54) is 6.07 Å². The largest absolute Gasteiger partial charge is 0.394 e. The Kier molecular flexibility index (Phi) is 5.30. The lowest BCUT2D eigenvalue weighted by atomic mass is 9.76. The molecule has 0 heterocycles. The number of β-amino-alcohol motifs (C(OH)–C–C–N with tert-alkyl or cyclic N) is 1. The fraction of sp³-hybridized carbons (Fsp3) is 0.625. The van der Waals surface area contributed by atoms with Crippen LogP contribution in [0.4, 0.5) is 8.78 Å². The Morgan fingerprint density at radius 2 is 2.05 bits per heavy atom. The van der Waals surface area contributed by atoms with Gasteiger partial charge in [0, 0.05) is 12.1 Å². The van der Waals surface area contributed by atoms with Gasteiger partial charge >= 0.3 is 0 Å². The third kappa shape index (κ3) is 3.78. The molecule has 118 valence electrons. The maximum absolute atomic E-state index is 13.6. The SMILES string of the molecule is CC1CCCC(CO)(NCC(O)c2c(F)cccc2F)C1. The van der Waals surface area contributed by atoms with Crippen LogP contribution in [0, 0.1) is 17.6 Å². The molecule has 3 N–H and O–H groups in total. The molecule has 21 heavy (non-hydrogen) atoms. The van der Waals surface area contributed by atoms with Crippen LogP contribution in [0.3, 0.4) is 0 Å². The number of hydrogen-bond donors (Lipinski definition) is 3. The van der Waals surface area contributed by atoms with Gasteiger partial charge < -0.3 is 15.5 Å². The van der Waals surface area contributed by atoms with Crippen molar-refractivity contribution >= 4 is 0 Å². The highest BCUT2D eigenvalue weighted by Crippen LogP contribution is 2.32. The van der Waals surface area contributed by atoms with Crippen LogP contribution in [0.5, 0.6) is 0 Å². The topological polar surface area (TPSA) is 52.5 Å². The van der Waals surface area contributed by atoms with Gasteiger partial charge in [-0.25, -0.2) is 8.78 Å². The molecular formula is C16H23F2NO2. The molecule has 0 radical (unpaired) electrons. The lowest BCUT2D eigenvalue weighted by Crippen LogP contribution is -2.52. The maximum Gasteiger partial charge on any atom is 0.131 e. The first-order valence-electron chi connectivity index (χ1n) is 7.45. The van der Waals surface area contributed by atoms with Gasteiger partial charge in [-0.3, -0.25) is 0 Å². The van der Waals surface area contributed by atoms with Crippen molar-refractivity contribution in [3.05, 3.63) is 35.4 Å². The molecule has 0 spiro atoms. The van der Waals surface area contributed by atoms with Gasteiger partial charge in [-0.1, -0.05) is 25.8 Å². The van der Waals surface area contributed by atoms with E-state index in [4.69, 9.17) is 0 Å². The van der Waals surface area contributed by atoms with Gasteiger partial charge in [0.1, 0.15) is 11.6 Å². The first-order valence-corrected chi connectivity index (χ1v) is 7.45. The van der Waals surface area contributed by atoms with E-state index in [0.717, 1.165) is 37.8 Å². The zero-order valence-corrected chi connectivity index (χ0v) is 12.3. The van der Waals surface area contributed by atoms with Gasteiger partial charge in [-0.2, -0.15) is 0 Å². The predicted molar refractivity (Wildman–Crippen MR) is 76.8 cm³/mol. The van der Waals surface area contributed by atoms with E-state index in [2.05, 4.69) is 12.2 Å². The molecular weight excluding hydrogens is 276 g/mol. The summed E-state index contributed by atoms with van der Waals surface area (Å²) in [5.74, 6) is -1.01. The Bertz CT molecular complexity index is 463. The number of aliphatic hydroxyl groups is 2. The van der Waals surface area contributed by atoms with Crippen LogP contribution in [0.25, 0.3) is 0 Å². The average Bonchev–Trinajstić information content (AvgIpc) is 2.45. The molecule has 3 nitrogen and oxygen atoms in total. The van der Waals surface area contributed by atoms with Crippen LogP contribution >= 0.6 is 0 Å². The Hall–Kier alpha value is -1.04. The number of benzene rings is 1. The molecule has 5 heteroatoms. The summed E-state index contributed by atoms with van der Waals surface area (Å²) in [6.07, 6.45) is 2.45. The van der Waals surface area contributed by atoms with Crippen molar-refractivity contribution in [2.24, 2.45) is 5.92 Å². The zero-order valence-electron chi connectivity index (χ0n) is 12.3. The smallest absolute Gasteiger partial charge is 0.131 e. The van der Waals surface area contributed by atoms with Gasteiger partial charge in [-0.05, 0) is 30.9 Å². The summed E-state index contributed by atoms with van der Waals surface area (Å²) in [7, 11) is 0. The number of halogens is 2. The second-order valence-electron chi connectivity index (χ2n) is 6.17. The van der Waals surface area contributed by atoms with Crippen LogP contribution in [-0.4, -0.2) is 28.9 Å². The first kappa shape index (κ1) is 16.3. The monoisotopic (exact) mass is 299 g/mol. The Balaban J connectivity index is 2.04. The molecule has 3 unspecified atom stereocenters. The molecule has 0 aliphatic heterocycles. The van der Waals surface area contributed by atoms with Crippen LogP contribution in [-0.2, 0) is 0 Å². The van der Waals surface area contributed by atoms with Crippen molar-refractivity contribution < 1.29 is 19.0 Å². The lowest BCUT2D eigenvalue weighted by molar-refractivity contribution is 0.0772. The van der Waals surface area contributed by atoms with Crippen molar-refractivity contribution in [3.63, 3.8) is 0 Å². The summed E-state index contributed by atoms with van der Waals surface area (Å²) in [6, 6.07) is 3.53. The molecule has 0 bridgehead atoms. The highest BCUT2D eigenvalue weighted by atomic mass is 19.1. The normalized spacial score (nSPS) is 27.6. The molecule has 1 aliphatic carbocycles. The number of aliphatic hydroxyl groups excluding tert-OH is 2. The molecule has 1 aliphatic rings. The van der Waals surface area contributed by atoms with Crippen molar-refractivity contribution in [1.29, 1.82) is 0 Å². The minimum Gasteiger partial charge on any atom is -0.394 e. The summed E-state index contributed by atoms with van der Waals surface area (Å²) >= 11 is 0. The minimum absolute atomic E-state index is 0.0190. The third-order valence-corrected chi connectivity index (χ3v) is 4.40. The average molecular weight is 299 g/mol. The number of hydrogen-bond acceptors (Lipinski definition) is 3. The summed E-state index contributed by atoms with van der Waals surface area (Å²) in [5.41, 5.74) is -0.776. The van der Waals surface area contributed by atoms with Crippen LogP contribution in [0.2, 0.25) is 0 Å². The second-order valence-corrected chi connectivity index (χ2v) is 6.17. The molecule has 0 amide bonds. The summed E-state index contributed by atoms with van der Waals surface area (Å²) in [6.45, 7) is 2.10. The van der Waals surface area contributed by atoms with E-state index in [-0.39, 0.29) is 18.7 Å². The summed E-state index contributed by atoms with van der Waals surface area (Å²) in [5, 5.41) is 22.9. The molecule has 2 rings (SSSR count). The molecule has 1 fully saturated rings. The van der Waals surface area contributed by atoms with Crippen molar-refractivity contribution in [1.82, 2.24) is 5.32 Å². The molecule has 0 aromatic heterocycles. The van der Waals surface area contributed by atoms with Gasteiger partial charge in [0.05, 0.1) is 18.3 Å². The van der Waals surface area contributed by atoms with E-state index in [9.17, 15) is 19.0 Å². The van der Waals surface area contributed by atoms with E-state index < -0.39 is 23.3 Å². The lowest BCUT2D eigenvalue weighted by Gasteiger charge is -2.40. The van der Waals surface area contributed by atoms with Crippen molar-refractivity contribution in [2.75, 3.05) is 13.2 Å². The fourth-order valence-electron chi connectivity index (χ4n) is 3.26. The van der Waals surface area contributed by atoms with E-state index in [1.54, 1.807) is 0 Å². The Labute approximate surface area is 124 Å². The highest BCUT2D eigenvalue weighted by molar-refractivity contribution is 5.22. The van der Waals surface area contributed by atoms with Gasteiger partial charge in [0.2, 0.25) is 0 Å². The Morgan fingerprint density at radius 3 is 2.62 bits per heavy atom. The van der Waals surface area contributed by atoms with E-state index >= 15 is 0 Å². The minimum atomic E-state index is -1.27. The molecule has 1 aromatic carbocycles. The quantitative estimate of drug-likeness (QED) is 0.783. The molecule has 1 saturated carbocycles. The van der Waals surface area contributed by atoms with Gasteiger partial charge in [0.15, 0.2) is 0 Å². The Morgan fingerprint density at radius 1 is 1.38 bits per heavy atom. The molecule has 1 aromatic rings. The third-order valence-electron chi connectivity index (χ3n) is 4.40. The summed E-state index contributed by atoms with van der Waals surface area (Å²) < 4.78 is 27.3. The molecule has 3 atom stereocenters. The van der Waals surface area contributed by atoms with E-state index in [0.29, 0.717) is 5.92 Å². The molecule has 0 saturated heterocycles. The van der Waals surface area contributed by atoms with Gasteiger partial charge in [-0.15, -0.1) is 0 Å². The van der Waals surface area contributed by atoms with Crippen LogP contribution in [0.15, 0.2) is 18.2 Å². The highest BCUT2D eigenvalue weighted by Gasteiger charge is 2.34. The standard InChI is InChI=1S/C16H23F2NO2/c1-11-4-3-7-16(8-11,10-20)19-9-14(21)15-12(17)5-2-6-13(15)18/h2,5-6,11,14,19-21H,3-4,7-10H2,1H3. The van der Waals surface area contributed by atoms with Crippen LogP contribution < -0.4 is 5.32 Å². The van der Waals surface area contributed by atoms with Crippen molar-refractivity contribution in [2.45, 2.75) is 44.2 Å². The number of nitrogens with one attached hydrogen (secondary N) is 1. The van der Waals surface area contributed by atoms with E-state index in [1.807, 2.05) is 0 Å². The second kappa shape index (κ2) is 6.81. The van der Waals surface area contributed by atoms with Gasteiger partial charge in [0.25, 0.3) is 0 Å².